The van der Waals surface area contributed by atoms with Crippen molar-refractivity contribution >= 4 is 7.82 Å². The molecule has 2 unspecified atom stereocenters. The molecule has 0 heterocycles. The van der Waals surface area contributed by atoms with Gasteiger partial charge in [-0.2, -0.15) is 0 Å². The van der Waals surface area contributed by atoms with E-state index in [-0.39, 0.29) is 13.2 Å². The molecule has 6 heteroatoms. The summed E-state index contributed by atoms with van der Waals surface area (Å²) in [6, 6.07) is 0. The van der Waals surface area contributed by atoms with Crippen molar-refractivity contribution in [1.82, 2.24) is 0 Å². The van der Waals surface area contributed by atoms with Crippen LogP contribution in [0.4, 0.5) is 0 Å². The lowest BCUT2D eigenvalue weighted by molar-refractivity contribution is -0.870. The van der Waals surface area contributed by atoms with Crippen molar-refractivity contribution in [3.05, 3.63) is 0 Å². The van der Waals surface area contributed by atoms with Gasteiger partial charge in [-0.25, -0.2) is 4.57 Å². The molecule has 0 radical (unpaired) electrons. The molecule has 0 spiro atoms. The highest BCUT2D eigenvalue weighted by molar-refractivity contribution is 7.47. The molecule has 0 saturated carbocycles. The van der Waals surface area contributed by atoms with Gasteiger partial charge in [0.2, 0.25) is 0 Å². The maximum Gasteiger partial charge on any atom is 0.472 e. The van der Waals surface area contributed by atoms with Crippen LogP contribution in [0.5, 0.6) is 0 Å². The number of likely N-dealkylation sites (N-methyl/N-ethyl adjacent to an activating group) is 1. The van der Waals surface area contributed by atoms with Gasteiger partial charge in [0.05, 0.1) is 27.7 Å². The first-order valence-corrected chi connectivity index (χ1v) is 9.44. The molecule has 21 heavy (non-hydrogen) atoms. The number of nitrogens with zero attached hydrogens (tertiary/aromatic N) is 1. The number of hydrogen-bond donors (Lipinski definition) is 1. The number of phosphoric ester groups is 1. The Kier molecular flexibility index (Phi) is 9.99. The fraction of sp³-hybridized carbons (Fsp3) is 1.00. The largest absolute Gasteiger partial charge is 0.472 e. The summed E-state index contributed by atoms with van der Waals surface area (Å²) >= 11 is 0. The lowest BCUT2D eigenvalue weighted by Crippen LogP contribution is -2.37. The minimum absolute atomic E-state index is 0.223. The van der Waals surface area contributed by atoms with Crippen molar-refractivity contribution in [2.75, 3.05) is 40.9 Å². The zero-order valence-corrected chi connectivity index (χ0v) is 15.6. The average Bonchev–Trinajstić information content (AvgIpc) is 2.25. The zero-order chi connectivity index (χ0) is 16.5. The van der Waals surface area contributed by atoms with Gasteiger partial charge in [0.1, 0.15) is 13.2 Å². The van der Waals surface area contributed by atoms with E-state index in [4.69, 9.17) is 9.05 Å². The molecule has 128 valence electrons. The molecule has 0 aliphatic carbocycles. The fourth-order valence-electron chi connectivity index (χ4n) is 1.86. The Bertz CT molecular complexity index is 315. The average molecular weight is 324 g/mol. The first kappa shape index (κ1) is 21.1. The number of quaternary nitrogens is 1. The van der Waals surface area contributed by atoms with Crippen LogP contribution < -0.4 is 0 Å². The molecule has 0 bridgehead atoms. The van der Waals surface area contributed by atoms with Gasteiger partial charge in [0.25, 0.3) is 0 Å². The van der Waals surface area contributed by atoms with Crippen LogP contribution in [0.2, 0.25) is 0 Å². The zero-order valence-electron chi connectivity index (χ0n) is 14.7. The second-order valence-corrected chi connectivity index (χ2v) is 8.82. The van der Waals surface area contributed by atoms with Crippen LogP contribution in [0.25, 0.3) is 0 Å². The fourth-order valence-corrected chi connectivity index (χ4v) is 2.58. The molecule has 5 nitrogen and oxygen atoms in total. The minimum atomic E-state index is -3.89. The van der Waals surface area contributed by atoms with Crippen LogP contribution in [-0.2, 0) is 13.6 Å². The molecule has 0 aliphatic rings. The van der Waals surface area contributed by atoms with Gasteiger partial charge >= 0.3 is 7.82 Å². The maximum atomic E-state index is 11.7. The normalized spacial score (nSPS) is 17.0. The van der Waals surface area contributed by atoms with Crippen LogP contribution in [-0.4, -0.2) is 50.3 Å². The molecule has 0 aromatic carbocycles. The lowest BCUT2D eigenvalue weighted by Gasteiger charge is -2.24. The number of phosphoric acid groups is 1. The van der Waals surface area contributed by atoms with Crippen molar-refractivity contribution < 1.29 is 23.0 Å². The molecular weight excluding hydrogens is 289 g/mol. The van der Waals surface area contributed by atoms with Crippen molar-refractivity contribution in [2.45, 2.75) is 46.5 Å². The highest BCUT2D eigenvalue weighted by Crippen LogP contribution is 2.43. The second-order valence-electron chi connectivity index (χ2n) is 7.37. The summed E-state index contributed by atoms with van der Waals surface area (Å²) in [5, 5.41) is 0. The smallest absolute Gasteiger partial charge is 0.329 e. The van der Waals surface area contributed by atoms with Gasteiger partial charge in [-0.05, 0) is 18.3 Å². The van der Waals surface area contributed by atoms with Crippen molar-refractivity contribution in [2.24, 2.45) is 11.8 Å². The summed E-state index contributed by atoms with van der Waals surface area (Å²) in [5.74, 6) is 1.25. The molecule has 0 aliphatic heterocycles. The summed E-state index contributed by atoms with van der Waals surface area (Å²) in [4.78, 5) is 9.58. The van der Waals surface area contributed by atoms with Crippen molar-refractivity contribution in [3.8, 4) is 0 Å². The van der Waals surface area contributed by atoms with Crippen LogP contribution in [0.1, 0.15) is 46.5 Å². The van der Waals surface area contributed by atoms with Crippen molar-refractivity contribution in [3.63, 3.8) is 0 Å². The third kappa shape index (κ3) is 14.8. The first-order chi connectivity index (χ1) is 9.52. The highest BCUT2D eigenvalue weighted by atomic mass is 31.2. The Morgan fingerprint density at radius 3 is 2.10 bits per heavy atom. The van der Waals surface area contributed by atoms with Gasteiger partial charge < -0.3 is 9.38 Å². The first-order valence-electron chi connectivity index (χ1n) is 7.94. The van der Waals surface area contributed by atoms with Gasteiger partial charge in [0, 0.05) is 0 Å². The molecular formula is C15H35NO4P+. The third-order valence-corrected chi connectivity index (χ3v) is 4.38. The molecule has 2 atom stereocenters. The lowest BCUT2D eigenvalue weighted by atomic mass is 9.98. The standard InChI is InChI=1S/C15H34NO4P/c1-14(2)8-7-9-15(3)10-12-19-21(17,18)20-13-11-16(4,5)6/h14-15H,7-13H2,1-6H3/p+1. The van der Waals surface area contributed by atoms with E-state index in [1.807, 2.05) is 21.1 Å². The van der Waals surface area contributed by atoms with Crippen molar-refractivity contribution in [1.29, 1.82) is 0 Å². The van der Waals surface area contributed by atoms with Crippen LogP contribution in [0, 0.1) is 11.8 Å². The summed E-state index contributed by atoms with van der Waals surface area (Å²) in [7, 11) is 2.13. The third-order valence-electron chi connectivity index (χ3n) is 3.36. The SMILES string of the molecule is CC(C)CCCC(C)CCOP(=O)(O)OCC[N+](C)(C)C. The Labute approximate surface area is 130 Å². The van der Waals surface area contributed by atoms with E-state index in [0.717, 1.165) is 18.8 Å². The van der Waals surface area contributed by atoms with E-state index < -0.39 is 7.82 Å². The topological polar surface area (TPSA) is 55.8 Å². The summed E-state index contributed by atoms with van der Waals surface area (Å²) in [6.45, 7) is 7.78. The van der Waals surface area contributed by atoms with E-state index >= 15 is 0 Å². The quantitative estimate of drug-likeness (QED) is 0.439. The van der Waals surface area contributed by atoms with Gasteiger partial charge in [-0.1, -0.05) is 40.0 Å². The Morgan fingerprint density at radius 2 is 1.57 bits per heavy atom. The molecule has 0 rings (SSSR count). The van der Waals surface area contributed by atoms with Gasteiger partial charge in [-0.3, -0.25) is 9.05 Å². The van der Waals surface area contributed by atoms with Crippen LogP contribution in [0.3, 0.4) is 0 Å². The monoisotopic (exact) mass is 324 g/mol. The molecule has 0 aromatic heterocycles. The Balaban J connectivity index is 3.75. The second kappa shape index (κ2) is 9.96. The van der Waals surface area contributed by atoms with E-state index in [2.05, 4.69) is 20.8 Å². The van der Waals surface area contributed by atoms with Crippen LogP contribution >= 0.6 is 7.82 Å². The van der Waals surface area contributed by atoms with Crippen LogP contribution in [0.15, 0.2) is 0 Å². The molecule has 0 saturated heterocycles. The van der Waals surface area contributed by atoms with Gasteiger partial charge in [-0.15, -0.1) is 0 Å². The summed E-state index contributed by atoms with van der Waals surface area (Å²) in [6.07, 6.45) is 4.37. The van der Waals surface area contributed by atoms with E-state index in [9.17, 15) is 9.46 Å². The molecule has 0 aromatic rings. The minimum Gasteiger partial charge on any atom is -0.329 e. The van der Waals surface area contributed by atoms with E-state index in [1.54, 1.807) is 0 Å². The number of rotatable bonds is 12. The Morgan fingerprint density at radius 1 is 1.00 bits per heavy atom. The molecule has 1 N–H and O–H groups in total. The Hall–Kier alpha value is 0.0700. The molecule has 0 amide bonds. The summed E-state index contributed by atoms with van der Waals surface area (Å²) in [5.41, 5.74) is 0. The number of hydrogen-bond acceptors (Lipinski definition) is 3. The highest BCUT2D eigenvalue weighted by Gasteiger charge is 2.22. The predicted molar refractivity (Wildman–Crippen MR) is 87.1 cm³/mol. The summed E-state index contributed by atoms with van der Waals surface area (Å²) < 4.78 is 22.4. The predicted octanol–water partition coefficient (Wildman–Crippen LogP) is 3.68. The maximum absolute atomic E-state index is 11.7. The van der Waals surface area contributed by atoms with E-state index in [0.29, 0.717) is 16.9 Å². The molecule has 0 fully saturated rings. The van der Waals surface area contributed by atoms with Gasteiger partial charge in [0.15, 0.2) is 0 Å². The van der Waals surface area contributed by atoms with E-state index in [1.165, 1.54) is 12.8 Å².